The van der Waals surface area contributed by atoms with Crippen LogP contribution in [0.3, 0.4) is 0 Å². The van der Waals surface area contributed by atoms with Crippen LogP contribution < -0.4 is 10.5 Å². The number of aromatic nitrogens is 3. The van der Waals surface area contributed by atoms with Crippen LogP contribution >= 0.6 is 11.3 Å². The molecule has 0 unspecified atom stereocenters. The molecule has 9 heteroatoms. The number of nitrogen functional groups attached to an aromatic ring is 1. The summed E-state index contributed by atoms with van der Waals surface area (Å²) in [7, 11) is 1.37. The van der Waals surface area contributed by atoms with Gasteiger partial charge in [-0.05, 0) is 0 Å². The summed E-state index contributed by atoms with van der Waals surface area (Å²) in [6.45, 7) is 0. The third kappa shape index (κ3) is 2.50. The Labute approximate surface area is 103 Å². The van der Waals surface area contributed by atoms with Crippen molar-refractivity contribution in [3.05, 3.63) is 17.3 Å². The molecule has 0 aliphatic rings. The first-order valence-electron chi connectivity index (χ1n) is 4.62. The zero-order valence-electron chi connectivity index (χ0n) is 9.02. The lowest BCUT2D eigenvalue weighted by Crippen LogP contribution is -2.02. The van der Waals surface area contributed by atoms with E-state index < -0.39 is 11.2 Å². The number of methoxy groups -OCH3 is 1. The van der Waals surface area contributed by atoms with E-state index in [4.69, 9.17) is 10.5 Å². The molecule has 0 aliphatic carbocycles. The minimum absolute atomic E-state index is 0.0775. The second-order valence-electron chi connectivity index (χ2n) is 3.18. The van der Waals surface area contributed by atoms with Crippen molar-refractivity contribution in [3.8, 4) is 16.5 Å². The van der Waals surface area contributed by atoms with Crippen LogP contribution in [-0.4, -0.2) is 22.1 Å². The quantitative estimate of drug-likeness (QED) is 0.910. The van der Waals surface area contributed by atoms with Crippen molar-refractivity contribution in [2.75, 3.05) is 12.8 Å². The van der Waals surface area contributed by atoms with Gasteiger partial charge in [-0.3, -0.25) is 0 Å². The molecule has 0 fully saturated rings. The summed E-state index contributed by atoms with van der Waals surface area (Å²) in [4.78, 5) is 11.1. The fraction of sp³-hybridized carbons (Fsp3) is 0.222. The molecule has 2 aromatic heterocycles. The fourth-order valence-electron chi connectivity index (χ4n) is 1.20. The average Bonchev–Trinajstić information content (AvgIpc) is 2.77. The van der Waals surface area contributed by atoms with Crippen LogP contribution in [0.5, 0.6) is 5.88 Å². The molecule has 2 aromatic rings. The van der Waals surface area contributed by atoms with Crippen LogP contribution in [0.15, 0.2) is 12.3 Å². The van der Waals surface area contributed by atoms with E-state index in [1.807, 2.05) is 0 Å². The molecule has 18 heavy (non-hydrogen) atoms. The fourth-order valence-corrected chi connectivity index (χ4v) is 1.94. The van der Waals surface area contributed by atoms with E-state index in [9.17, 15) is 13.2 Å². The Balaban J connectivity index is 2.43. The maximum Gasteiger partial charge on any atom is 0.443 e. The predicted octanol–water partition coefficient (Wildman–Crippen LogP) is 2.21. The predicted molar refractivity (Wildman–Crippen MR) is 59.1 cm³/mol. The summed E-state index contributed by atoms with van der Waals surface area (Å²) >= 11 is 0.483. The minimum atomic E-state index is -4.47. The largest absolute Gasteiger partial charge is 0.481 e. The second-order valence-corrected chi connectivity index (χ2v) is 4.21. The molecule has 0 spiro atoms. The highest BCUT2D eigenvalue weighted by Crippen LogP contribution is 2.36. The molecule has 5 nitrogen and oxygen atoms in total. The highest BCUT2D eigenvalue weighted by molar-refractivity contribution is 7.15. The van der Waals surface area contributed by atoms with Gasteiger partial charge < -0.3 is 10.5 Å². The monoisotopic (exact) mass is 276 g/mol. The van der Waals surface area contributed by atoms with E-state index >= 15 is 0 Å². The topological polar surface area (TPSA) is 73.9 Å². The molecule has 0 aromatic carbocycles. The normalized spacial score (nSPS) is 11.6. The number of nitrogens with zero attached hydrogens (tertiary/aromatic N) is 3. The van der Waals surface area contributed by atoms with Crippen molar-refractivity contribution in [1.29, 1.82) is 0 Å². The van der Waals surface area contributed by atoms with Crippen LogP contribution in [-0.2, 0) is 6.18 Å². The lowest BCUT2D eigenvalue weighted by molar-refractivity contribution is -0.137. The minimum Gasteiger partial charge on any atom is -0.481 e. The van der Waals surface area contributed by atoms with Gasteiger partial charge in [0.25, 0.3) is 0 Å². The summed E-state index contributed by atoms with van der Waals surface area (Å²) in [5.74, 6) is 0.103. The Morgan fingerprint density at radius 1 is 1.33 bits per heavy atom. The Morgan fingerprint density at radius 2 is 2.06 bits per heavy atom. The Hall–Kier alpha value is -1.90. The molecule has 0 amide bonds. The van der Waals surface area contributed by atoms with E-state index in [-0.39, 0.29) is 22.4 Å². The first-order valence-corrected chi connectivity index (χ1v) is 5.43. The van der Waals surface area contributed by atoms with E-state index in [2.05, 4.69) is 15.0 Å². The van der Waals surface area contributed by atoms with Crippen molar-refractivity contribution < 1.29 is 17.9 Å². The Kier molecular flexibility index (Phi) is 3.07. The summed E-state index contributed by atoms with van der Waals surface area (Å²) in [6.07, 6.45) is -3.37. The van der Waals surface area contributed by atoms with Crippen LogP contribution in [0.25, 0.3) is 10.6 Å². The summed E-state index contributed by atoms with van der Waals surface area (Å²) in [5.41, 5.74) is 5.67. The van der Waals surface area contributed by atoms with Crippen molar-refractivity contribution in [3.63, 3.8) is 0 Å². The molecule has 0 saturated carbocycles. The van der Waals surface area contributed by atoms with Gasteiger partial charge in [-0.25, -0.2) is 9.97 Å². The number of thiazole rings is 1. The van der Waals surface area contributed by atoms with Gasteiger partial charge in [-0.1, -0.05) is 0 Å². The summed E-state index contributed by atoms with van der Waals surface area (Å²) in [5, 5.41) is -0.936. The molecule has 2 rings (SSSR count). The molecule has 0 aliphatic heterocycles. The van der Waals surface area contributed by atoms with Crippen LogP contribution in [0.4, 0.5) is 19.1 Å². The van der Waals surface area contributed by atoms with E-state index in [0.29, 0.717) is 11.3 Å². The molecule has 2 N–H and O–H groups in total. The van der Waals surface area contributed by atoms with E-state index in [1.54, 1.807) is 0 Å². The molecule has 96 valence electrons. The first-order chi connectivity index (χ1) is 8.40. The van der Waals surface area contributed by atoms with E-state index in [1.165, 1.54) is 13.2 Å². The number of halogens is 3. The molecular weight excluding hydrogens is 269 g/mol. The molecular formula is C9H7F3N4OS. The molecule has 2 heterocycles. The van der Waals surface area contributed by atoms with Crippen LogP contribution in [0.2, 0.25) is 0 Å². The molecule has 0 atom stereocenters. The van der Waals surface area contributed by atoms with Crippen molar-refractivity contribution in [1.82, 2.24) is 15.0 Å². The zero-order valence-corrected chi connectivity index (χ0v) is 9.84. The van der Waals surface area contributed by atoms with Gasteiger partial charge >= 0.3 is 6.18 Å². The molecule has 0 saturated heterocycles. The number of anilines is 1. The van der Waals surface area contributed by atoms with Gasteiger partial charge in [-0.2, -0.15) is 18.2 Å². The maximum atomic E-state index is 12.4. The number of hydrogen-bond donors (Lipinski definition) is 1. The van der Waals surface area contributed by atoms with Crippen molar-refractivity contribution in [2.45, 2.75) is 6.18 Å². The Bertz CT molecular complexity index is 569. The zero-order chi connectivity index (χ0) is 13.3. The third-order valence-corrected chi connectivity index (χ3v) is 2.99. The number of nitrogens with two attached hydrogens (primary N) is 1. The van der Waals surface area contributed by atoms with E-state index in [0.717, 1.165) is 6.20 Å². The number of alkyl halides is 3. The van der Waals surface area contributed by atoms with Gasteiger partial charge in [0.1, 0.15) is 0 Å². The standard InChI is InChI=1S/C9H7F3N4OS/c1-17-6-2-4(15-8(13)16-6)5-3-14-7(18-5)9(10,11)12/h2-3H,1H3,(H2,13,15,16). The Morgan fingerprint density at radius 3 is 2.61 bits per heavy atom. The SMILES string of the molecule is COc1cc(-c2cnc(C(F)(F)F)s2)nc(N)n1. The van der Waals surface area contributed by atoms with Gasteiger partial charge in [-0.15, -0.1) is 11.3 Å². The highest BCUT2D eigenvalue weighted by atomic mass is 32.1. The van der Waals surface area contributed by atoms with Gasteiger partial charge in [0.05, 0.1) is 17.7 Å². The third-order valence-electron chi connectivity index (χ3n) is 1.93. The summed E-state index contributed by atoms with van der Waals surface area (Å²) in [6, 6.07) is 1.39. The van der Waals surface area contributed by atoms with Gasteiger partial charge in [0.15, 0.2) is 5.01 Å². The van der Waals surface area contributed by atoms with Crippen molar-refractivity contribution in [2.24, 2.45) is 0 Å². The van der Waals surface area contributed by atoms with Gasteiger partial charge in [0, 0.05) is 12.3 Å². The van der Waals surface area contributed by atoms with Gasteiger partial charge in [0.2, 0.25) is 11.8 Å². The lowest BCUT2D eigenvalue weighted by atomic mass is 10.3. The number of ether oxygens (including phenoxy) is 1. The van der Waals surface area contributed by atoms with Crippen molar-refractivity contribution >= 4 is 17.3 Å². The summed E-state index contributed by atoms with van der Waals surface area (Å²) < 4.78 is 42.1. The lowest BCUT2D eigenvalue weighted by Gasteiger charge is -2.02. The first kappa shape index (κ1) is 12.6. The number of rotatable bonds is 2. The molecule has 0 radical (unpaired) electrons. The highest BCUT2D eigenvalue weighted by Gasteiger charge is 2.34. The number of hydrogen-bond acceptors (Lipinski definition) is 6. The van der Waals surface area contributed by atoms with Crippen LogP contribution in [0.1, 0.15) is 5.01 Å². The molecule has 0 bridgehead atoms. The second kappa shape index (κ2) is 4.41. The average molecular weight is 276 g/mol. The maximum absolute atomic E-state index is 12.4. The van der Waals surface area contributed by atoms with Crippen LogP contribution in [0, 0.1) is 0 Å². The smallest absolute Gasteiger partial charge is 0.443 e.